The summed E-state index contributed by atoms with van der Waals surface area (Å²) < 4.78 is 30.5. The summed E-state index contributed by atoms with van der Waals surface area (Å²) in [5.41, 5.74) is 0.776. The van der Waals surface area contributed by atoms with Gasteiger partial charge in [0.2, 0.25) is 15.9 Å². The number of piperidine rings is 1. The van der Waals surface area contributed by atoms with Gasteiger partial charge in [-0.2, -0.15) is 0 Å². The molecule has 0 spiro atoms. The summed E-state index contributed by atoms with van der Waals surface area (Å²) in [6, 6.07) is 6.17. The normalized spacial score (nSPS) is 17.4. The first kappa shape index (κ1) is 21.2. The molecule has 1 aromatic carbocycles. The molecule has 0 saturated carbocycles. The van der Waals surface area contributed by atoms with Crippen molar-refractivity contribution in [2.24, 2.45) is 5.92 Å². The number of benzene rings is 1. The molecule has 1 heterocycles. The molecule has 1 aromatic rings. The van der Waals surface area contributed by atoms with Crippen molar-refractivity contribution in [2.75, 3.05) is 36.8 Å². The topological polar surface area (TPSA) is 84.0 Å². The molecule has 7 nitrogen and oxygen atoms in total. The summed E-state index contributed by atoms with van der Waals surface area (Å²) in [6.45, 7) is 5.64. The quantitative estimate of drug-likeness (QED) is 0.660. The molecule has 0 aliphatic carbocycles. The molecule has 1 aliphatic rings. The van der Waals surface area contributed by atoms with E-state index in [0.717, 1.165) is 32.2 Å². The number of carbonyl (C=O) groups excluding carboxylic acids is 2. The van der Waals surface area contributed by atoms with Gasteiger partial charge in [-0.3, -0.25) is 9.10 Å². The van der Waals surface area contributed by atoms with Crippen LogP contribution in [0.1, 0.15) is 43.5 Å². The van der Waals surface area contributed by atoms with Crippen molar-refractivity contribution in [2.45, 2.75) is 33.1 Å². The Balaban J connectivity index is 2.07. The number of hydrogen-bond donors (Lipinski definition) is 0. The number of rotatable bonds is 7. The second-order valence-electron chi connectivity index (χ2n) is 6.94. The zero-order chi connectivity index (χ0) is 20.0. The second kappa shape index (κ2) is 9.21. The summed E-state index contributed by atoms with van der Waals surface area (Å²) in [6.07, 6.45) is 3.34. The van der Waals surface area contributed by atoms with Gasteiger partial charge in [-0.25, -0.2) is 13.2 Å². The van der Waals surface area contributed by atoms with Crippen LogP contribution in [0.25, 0.3) is 0 Å². The third-order valence-corrected chi connectivity index (χ3v) is 5.80. The van der Waals surface area contributed by atoms with E-state index < -0.39 is 16.0 Å². The molecule has 0 aromatic heterocycles. The summed E-state index contributed by atoms with van der Waals surface area (Å²) in [5, 5.41) is 0. The molecular formula is C19H28N2O5S. The highest BCUT2D eigenvalue weighted by Gasteiger charge is 2.24. The molecule has 150 valence electrons. The fraction of sp³-hybridized carbons (Fsp3) is 0.579. The van der Waals surface area contributed by atoms with Crippen LogP contribution in [0.2, 0.25) is 0 Å². The average molecular weight is 397 g/mol. The maximum Gasteiger partial charge on any atom is 0.338 e. The van der Waals surface area contributed by atoms with Gasteiger partial charge in [0, 0.05) is 26.1 Å². The highest BCUT2D eigenvalue weighted by molar-refractivity contribution is 7.92. The Labute approximate surface area is 161 Å². The van der Waals surface area contributed by atoms with Gasteiger partial charge in [0.25, 0.3) is 0 Å². The minimum absolute atomic E-state index is 0.0293. The van der Waals surface area contributed by atoms with Crippen molar-refractivity contribution in [3.05, 3.63) is 29.8 Å². The van der Waals surface area contributed by atoms with Crippen LogP contribution < -0.4 is 4.31 Å². The minimum Gasteiger partial charge on any atom is -0.462 e. The maximum absolute atomic E-state index is 12.5. The van der Waals surface area contributed by atoms with Gasteiger partial charge in [0.05, 0.1) is 24.1 Å². The van der Waals surface area contributed by atoms with Crippen molar-refractivity contribution in [3.8, 4) is 0 Å². The molecule has 1 atom stereocenters. The van der Waals surface area contributed by atoms with Gasteiger partial charge in [-0.15, -0.1) is 0 Å². The molecule has 8 heteroatoms. The Morgan fingerprint density at radius 1 is 1.26 bits per heavy atom. The molecule has 1 saturated heterocycles. The fourth-order valence-electron chi connectivity index (χ4n) is 3.24. The molecule has 0 N–H and O–H groups in total. The number of sulfonamides is 1. The summed E-state index contributed by atoms with van der Waals surface area (Å²) >= 11 is 0. The van der Waals surface area contributed by atoms with E-state index in [-0.39, 0.29) is 25.5 Å². The number of anilines is 1. The van der Waals surface area contributed by atoms with Gasteiger partial charge in [0.1, 0.15) is 0 Å². The van der Waals surface area contributed by atoms with Crippen LogP contribution in [0.15, 0.2) is 24.3 Å². The number of ether oxygens (including phenoxy) is 1. The summed E-state index contributed by atoms with van der Waals surface area (Å²) in [4.78, 5) is 26.0. The van der Waals surface area contributed by atoms with E-state index in [4.69, 9.17) is 4.74 Å². The SMILES string of the molecule is CCOC(=O)c1ccc(N(CCC(=O)N2CCCC(C)C2)S(C)(=O)=O)cc1. The monoisotopic (exact) mass is 396 g/mol. The predicted octanol–water partition coefficient (Wildman–Crippen LogP) is 2.28. The maximum atomic E-state index is 12.5. The van der Waals surface area contributed by atoms with Crippen LogP contribution in [0.3, 0.4) is 0 Å². The Morgan fingerprint density at radius 2 is 1.93 bits per heavy atom. The zero-order valence-corrected chi connectivity index (χ0v) is 17.0. The van der Waals surface area contributed by atoms with Crippen molar-refractivity contribution >= 4 is 27.6 Å². The van der Waals surface area contributed by atoms with Crippen LogP contribution in [0.4, 0.5) is 5.69 Å². The highest BCUT2D eigenvalue weighted by atomic mass is 32.2. The Morgan fingerprint density at radius 3 is 2.48 bits per heavy atom. The highest BCUT2D eigenvalue weighted by Crippen LogP contribution is 2.21. The van der Waals surface area contributed by atoms with Gasteiger partial charge in [-0.05, 0) is 49.9 Å². The van der Waals surface area contributed by atoms with Crippen LogP contribution in [-0.2, 0) is 19.6 Å². The van der Waals surface area contributed by atoms with Crippen molar-refractivity contribution in [3.63, 3.8) is 0 Å². The predicted molar refractivity (Wildman–Crippen MR) is 104 cm³/mol. The van der Waals surface area contributed by atoms with Gasteiger partial charge in [0.15, 0.2) is 0 Å². The molecule has 1 unspecified atom stereocenters. The number of esters is 1. The van der Waals surface area contributed by atoms with E-state index in [1.807, 2.05) is 4.90 Å². The van der Waals surface area contributed by atoms with E-state index >= 15 is 0 Å². The number of likely N-dealkylation sites (tertiary alicyclic amines) is 1. The Hall–Kier alpha value is -2.09. The van der Waals surface area contributed by atoms with Crippen LogP contribution >= 0.6 is 0 Å². The van der Waals surface area contributed by atoms with Gasteiger partial charge in [-0.1, -0.05) is 6.92 Å². The van der Waals surface area contributed by atoms with Crippen molar-refractivity contribution in [1.29, 1.82) is 0 Å². The standard InChI is InChI=1S/C19H28N2O5S/c1-4-26-19(23)16-7-9-17(10-8-16)21(27(3,24)25)13-11-18(22)20-12-5-6-15(2)14-20/h7-10,15H,4-6,11-14H2,1-3H3. The third-order valence-electron chi connectivity index (χ3n) is 4.61. The van der Waals surface area contributed by atoms with Gasteiger partial charge < -0.3 is 9.64 Å². The van der Waals surface area contributed by atoms with E-state index in [2.05, 4.69) is 6.92 Å². The first-order chi connectivity index (χ1) is 12.7. The average Bonchev–Trinajstić information content (AvgIpc) is 2.61. The lowest BCUT2D eigenvalue weighted by Gasteiger charge is -2.31. The molecule has 27 heavy (non-hydrogen) atoms. The molecule has 0 radical (unpaired) electrons. The first-order valence-electron chi connectivity index (χ1n) is 9.25. The van der Waals surface area contributed by atoms with E-state index in [0.29, 0.717) is 17.2 Å². The molecule has 1 amide bonds. The molecular weight excluding hydrogens is 368 g/mol. The van der Waals surface area contributed by atoms with Gasteiger partial charge >= 0.3 is 5.97 Å². The number of hydrogen-bond acceptors (Lipinski definition) is 5. The van der Waals surface area contributed by atoms with Crippen LogP contribution in [0, 0.1) is 5.92 Å². The lowest BCUT2D eigenvalue weighted by molar-refractivity contribution is -0.132. The fourth-order valence-corrected chi connectivity index (χ4v) is 4.16. The zero-order valence-electron chi connectivity index (χ0n) is 16.2. The minimum atomic E-state index is -3.55. The van der Waals surface area contributed by atoms with E-state index in [1.165, 1.54) is 16.4 Å². The van der Waals surface area contributed by atoms with Crippen LogP contribution in [0.5, 0.6) is 0 Å². The number of nitrogens with zero attached hydrogens (tertiary/aromatic N) is 2. The first-order valence-corrected chi connectivity index (χ1v) is 11.1. The number of amides is 1. The third kappa shape index (κ3) is 5.95. The molecule has 0 bridgehead atoms. The smallest absolute Gasteiger partial charge is 0.338 e. The largest absolute Gasteiger partial charge is 0.462 e. The lowest BCUT2D eigenvalue weighted by Crippen LogP contribution is -2.41. The van der Waals surface area contributed by atoms with E-state index in [9.17, 15) is 18.0 Å². The summed E-state index contributed by atoms with van der Waals surface area (Å²) in [7, 11) is -3.55. The van der Waals surface area contributed by atoms with E-state index in [1.54, 1.807) is 19.1 Å². The lowest BCUT2D eigenvalue weighted by atomic mass is 10.00. The van der Waals surface area contributed by atoms with Crippen LogP contribution in [-0.4, -0.2) is 57.7 Å². The Bertz CT molecular complexity index is 761. The van der Waals surface area contributed by atoms with Crippen molar-refractivity contribution in [1.82, 2.24) is 4.90 Å². The van der Waals surface area contributed by atoms with Crippen molar-refractivity contribution < 1.29 is 22.7 Å². The molecule has 1 aliphatic heterocycles. The number of carbonyl (C=O) groups is 2. The molecule has 1 fully saturated rings. The Kier molecular flexibility index (Phi) is 7.24. The summed E-state index contributed by atoms with van der Waals surface area (Å²) in [5.74, 6) is -0.00757. The second-order valence-corrected chi connectivity index (χ2v) is 8.85. The molecule has 2 rings (SSSR count).